The SMILES string of the molecule is CN(C)C1CN=C(C=O)C([C@H]2O[C@@H](n3cnc4c(N)ncnc43)[C@H](O)[C@@H]2O)O1. The Morgan fingerprint density at radius 2 is 2.04 bits per heavy atom. The van der Waals surface area contributed by atoms with Gasteiger partial charge in [-0.2, -0.15) is 0 Å². The van der Waals surface area contributed by atoms with Crippen molar-refractivity contribution in [3.63, 3.8) is 0 Å². The number of nitrogens with zero attached hydrogens (tertiary/aromatic N) is 6. The zero-order chi connectivity index (χ0) is 20.0. The molecule has 0 amide bonds. The number of carbonyl (C=O) groups is 1. The number of aromatic nitrogens is 4. The van der Waals surface area contributed by atoms with Crippen molar-refractivity contribution in [2.24, 2.45) is 4.99 Å². The topological polar surface area (TPSA) is 161 Å². The second kappa shape index (κ2) is 7.14. The van der Waals surface area contributed by atoms with E-state index < -0.39 is 30.6 Å². The second-order valence-electron chi connectivity index (χ2n) is 6.91. The number of likely N-dealkylation sites (N-methyl/N-ethyl adjacent to an activating group) is 1. The Kier molecular flexibility index (Phi) is 4.81. The van der Waals surface area contributed by atoms with Gasteiger partial charge in [0.25, 0.3) is 0 Å². The van der Waals surface area contributed by atoms with Crippen molar-refractivity contribution in [3.8, 4) is 0 Å². The molecule has 6 atom stereocenters. The summed E-state index contributed by atoms with van der Waals surface area (Å²) in [6.07, 6.45) is -2.71. The van der Waals surface area contributed by atoms with Crippen LogP contribution in [0.1, 0.15) is 6.23 Å². The average Bonchev–Trinajstić information content (AvgIpc) is 3.24. The number of hydrogen-bond acceptors (Lipinski definition) is 11. The molecule has 0 saturated carbocycles. The number of aliphatic hydroxyl groups is 2. The number of rotatable bonds is 4. The number of imidazole rings is 1. The Labute approximate surface area is 159 Å². The molecule has 12 nitrogen and oxygen atoms in total. The van der Waals surface area contributed by atoms with Crippen LogP contribution in [0, 0.1) is 0 Å². The predicted octanol–water partition coefficient (Wildman–Crippen LogP) is -2.05. The van der Waals surface area contributed by atoms with Gasteiger partial charge in [0.15, 0.2) is 24.0 Å². The van der Waals surface area contributed by atoms with Crippen LogP contribution in [0.3, 0.4) is 0 Å². The molecule has 2 aliphatic heterocycles. The number of aldehydes is 1. The van der Waals surface area contributed by atoms with Gasteiger partial charge in [0.1, 0.15) is 48.2 Å². The minimum atomic E-state index is -1.32. The number of nitrogen functional groups attached to an aromatic ring is 1. The van der Waals surface area contributed by atoms with Gasteiger partial charge in [-0.3, -0.25) is 19.3 Å². The smallest absolute Gasteiger partial charge is 0.167 e. The fourth-order valence-electron chi connectivity index (χ4n) is 3.41. The third-order valence-corrected chi connectivity index (χ3v) is 4.96. The van der Waals surface area contributed by atoms with E-state index in [0.29, 0.717) is 17.5 Å². The largest absolute Gasteiger partial charge is 0.387 e. The van der Waals surface area contributed by atoms with Crippen LogP contribution in [0.15, 0.2) is 17.6 Å². The molecule has 0 spiro atoms. The first-order valence-corrected chi connectivity index (χ1v) is 8.68. The third-order valence-electron chi connectivity index (χ3n) is 4.96. The standard InChI is InChI=1S/C16H21N7O5/c1-22(2)8-3-18-7(4-24)12(27-8)13-10(25)11(26)16(28-13)23-6-21-9-14(17)19-5-20-15(9)23/h4-6,8,10-13,16,25-26H,3H2,1-2H3,(H2,17,19,20)/t8?,10-,11+,12?,13-,16+/m0/s1. The molecule has 4 rings (SSSR count). The molecule has 2 aliphatic rings. The Hall–Kier alpha value is -2.51. The fraction of sp³-hybridized carbons (Fsp3) is 0.562. The van der Waals surface area contributed by atoms with Crippen molar-refractivity contribution in [1.29, 1.82) is 0 Å². The van der Waals surface area contributed by atoms with E-state index in [4.69, 9.17) is 15.2 Å². The zero-order valence-electron chi connectivity index (χ0n) is 15.3. The third kappa shape index (κ3) is 2.95. The molecule has 1 fully saturated rings. The van der Waals surface area contributed by atoms with Crippen LogP contribution in [-0.2, 0) is 14.3 Å². The maximum atomic E-state index is 11.4. The second-order valence-corrected chi connectivity index (χ2v) is 6.91. The fourth-order valence-corrected chi connectivity index (χ4v) is 3.41. The molecule has 2 unspecified atom stereocenters. The molecular weight excluding hydrogens is 370 g/mol. The first kappa shape index (κ1) is 18.8. The number of nitrogens with two attached hydrogens (primary N) is 1. The summed E-state index contributed by atoms with van der Waals surface area (Å²) in [5.41, 5.74) is 6.62. The summed E-state index contributed by atoms with van der Waals surface area (Å²) >= 11 is 0. The van der Waals surface area contributed by atoms with E-state index in [-0.39, 0.29) is 24.3 Å². The van der Waals surface area contributed by atoms with E-state index >= 15 is 0 Å². The van der Waals surface area contributed by atoms with E-state index in [2.05, 4.69) is 19.9 Å². The number of ether oxygens (including phenoxy) is 2. The van der Waals surface area contributed by atoms with Crippen molar-refractivity contribution in [3.05, 3.63) is 12.7 Å². The lowest BCUT2D eigenvalue weighted by atomic mass is 10.0. The summed E-state index contributed by atoms with van der Waals surface area (Å²) < 4.78 is 13.3. The summed E-state index contributed by atoms with van der Waals surface area (Å²) in [6, 6.07) is 0. The molecule has 12 heteroatoms. The van der Waals surface area contributed by atoms with Crippen LogP contribution in [0.2, 0.25) is 0 Å². The molecule has 150 valence electrons. The lowest BCUT2D eigenvalue weighted by Crippen LogP contribution is -2.52. The van der Waals surface area contributed by atoms with E-state index in [9.17, 15) is 15.0 Å². The van der Waals surface area contributed by atoms with Gasteiger partial charge in [-0.1, -0.05) is 0 Å². The Bertz CT molecular complexity index is 916. The minimum Gasteiger partial charge on any atom is -0.387 e. The van der Waals surface area contributed by atoms with Crippen LogP contribution in [0.4, 0.5) is 5.82 Å². The monoisotopic (exact) mass is 391 g/mol. The number of hydrogen-bond donors (Lipinski definition) is 3. The normalized spacial score (nSPS) is 33.4. The van der Waals surface area contributed by atoms with Crippen molar-refractivity contribution in [2.75, 3.05) is 26.4 Å². The van der Waals surface area contributed by atoms with E-state index in [1.165, 1.54) is 17.2 Å². The van der Waals surface area contributed by atoms with Gasteiger partial charge in [0.2, 0.25) is 0 Å². The number of aliphatic hydroxyl groups excluding tert-OH is 2. The summed E-state index contributed by atoms with van der Waals surface area (Å²) in [6.45, 7) is 0.286. The minimum absolute atomic E-state index is 0.122. The number of aliphatic imine (C=N–C) groups is 1. The zero-order valence-corrected chi connectivity index (χ0v) is 15.3. The first-order valence-electron chi connectivity index (χ1n) is 8.68. The Balaban J connectivity index is 1.65. The lowest BCUT2D eigenvalue weighted by molar-refractivity contribution is -0.135. The summed E-state index contributed by atoms with van der Waals surface area (Å²) in [5.74, 6) is 0.188. The van der Waals surface area contributed by atoms with Gasteiger partial charge >= 0.3 is 0 Å². The Morgan fingerprint density at radius 1 is 1.25 bits per heavy atom. The predicted molar refractivity (Wildman–Crippen MR) is 96.4 cm³/mol. The molecule has 2 aromatic heterocycles. The van der Waals surface area contributed by atoms with Crippen LogP contribution >= 0.6 is 0 Å². The van der Waals surface area contributed by atoms with Gasteiger partial charge in [-0.25, -0.2) is 15.0 Å². The van der Waals surface area contributed by atoms with Gasteiger partial charge in [-0.15, -0.1) is 0 Å². The van der Waals surface area contributed by atoms with E-state index in [0.717, 1.165) is 0 Å². The quantitative estimate of drug-likeness (QED) is 0.495. The molecule has 0 aromatic carbocycles. The maximum absolute atomic E-state index is 11.4. The molecule has 2 aromatic rings. The number of fused-ring (bicyclic) bond motifs is 1. The average molecular weight is 391 g/mol. The van der Waals surface area contributed by atoms with Crippen molar-refractivity contribution in [2.45, 2.75) is 36.9 Å². The molecule has 0 bridgehead atoms. The van der Waals surface area contributed by atoms with Crippen LogP contribution in [-0.4, -0.2) is 97.9 Å². The molecule has 1 saturated heterocycles. The summed E-state index contributed by atoms with van der Waals surface area (Å²) in [7, 11) is 3.63. The molecule has 0 aliphatic carbocycles. The highest BCUT2D eigenvalue weighted by molar-refractivity contribution is 6.30. The lowest BCUT2D eigenvalue weighted by Gasteiger charge is -2.35. The van der Waals surface area contributed by atoms with Gasteiger partial charge in [0, 0.05) is 0 Å². The highest BCUT2D eigenvalue weighted by Gasteiger charge is 2.50. The highest BCUT2D eigenvalue weighted by atomic mass is 16.6. The summed E-state index contributed by atoms with van der Waals surface area (Å²) in [4.78, 5) is 29.6. The van der Waals surface area contributed by atoms with Crippen LogP contribution < -0.4 is 5.73 Å². The highest BCUT2D eigenvalue weighted by Crippen LogP contribution is 2.35. The number of anilines is 1. The van der Waals surface area contributed by atoms with Crippen molar-refractivity contribution >= 4 is 29.0 Å². The molecule has 28 heavy (non-hydrogen) atoms. The van der Waals surface area contributed by atoms with Crippen LogP contribution in [0.5, 0.6) is 0 Å². The number of carbonyl (C=O) groups excluding carboxylic acids is 1. The van der Waals surface area contributed by atoms with E-state index in [1.54, 1.807) is 4.90 Å². The molecule has 4 heterocycles. The molecule has 4 N–H and O–H groups in total. The van der Waals surface area contributed by atoms with E-state index in [1.807, 2.05) is 14.1 Å². The molecule has 0 radical (unpaired) electrons. The van der Waals surface area contributed by atoms with Gasteiger partial charge < -0.3 is 25.4 Å². The van der Waals surface area contributed by atoms with Gasteiger partial charge in [0.05, 0.1) is 12.9 Å². The van der Waals surface area contributed by atoms with Gasteiger partial charge in [-0.05, 0) is 14.1 Å². The van der Waals surface area contributed by atoms with Crippen LogP contribution in [0.25, 0.3) is 11.2 Å². The maximum Gasteiger partial charge on any atom is 0.167 e. The van der Waals surface area contributed by atoms with Crippen molar-refractivity contribution in [1.82, 2.24) is 24.4 Å². The van der Waals surface area contributed by atoms with Crippen molar-refractivity contribution < 1.29 is 24.5 Å². The first-order chi connectivity index (χ1) is 13.4. The summed E-state index contributed by atoms with van der Waals surface area (Å²) in [5, 5.41) is 21.2. The Morgan fingerprint density at radius 3 is 2.75 bits per heavy atom. The molecular formula is C16H21N7O5.